The van der Waals surface area contributed by atoms with Gasteiger partial charge in [0.25, 0.3) is 0 Å². The zero-order valence-electron chi connectivity index (χ0n) is 39.0. The van der Waals surface area contributed by atoms with Crippen LogP contribution in [0.1, 0.15) is 0 Å². The third-order valence-electron chi connectivity index (χ3n) is 14.3. The van der Waals surface area contributed by atoms with Crippen LogP contribution < -0.4 is 0 Å². The van der Waals surface area contributed by atoms with Crippen LogP contribution in [0.4, 0.5) is 0 Å². The number of hydrogen-bond acceptors (Lipinski definition) is 4. The molecular weight excluding hydrogens is 873 g/mol. The number of benzene rings is 12. The molecule has 0 atom stereocenters. The molecule has 0 saturated carbocycles. The molecule has 0 aliphatic carbocycles. The minimum absolute atomic E-state index is 0.675. The highest BCUT2D eigenvalue weighted by atomic mass is 14.9. The summed E-state index contributed by atoms with van der Waals surface area (Å²) in [7, 11) is 0. The van der Waals surface area contributed by atoms with E-state index in [1.807, 2.05) is 12.1 Å². The first kappa shape index (κ1) is 41.3. The molecule has 0 aliphatic rings. The molecule has 0 radical (unpaired) electrons. The molecule has 72 heavy (non-hydrogen) atoms. The summed E-state index contributed by atoms with van der Waals surface area (Å²) in [6.45, 7) is 0. The van der Waals surface area contributed by atoms with Gasteiger partial charge in [-0.05, 0) is 113 Å². The maximum atomic E-state index is 5.32. The SMILES string of the molecule is c1cc(-c2cccc(-c3nc(-c4ccc(-c5cc6ccccc6c6ccccc56)cc4)c4ccccc4n3)c2)cc(-c2nc(-c3ccc(-c4cc5ccccc5c5ccccc45)cc3)c3ccccc3n2)c1. The van der Waals surface area contributed by atoms with Crippen molar-refractivity contribution in [2.24, 2.45) is 0 Å². The molecule has 14 rings (SSSR count). The first-order chi connectivity index (χ1) is 35.7. The molecule has 0 N–H and O–H groups in total. The lowest BCUT2D eigenvalue weighted by Gasteiger charge is -2.13. The van der Waals surface area contributed by atoms with Gasteiger partial charge in [-0.25, -0.2) is 19.9 Å². The molecule has 334 valence electrons. The first-order valence-corrected chi connectivity index (χ1v) is 24.4. The molecule has 2 heterocycles. The average Bonchev–Trinajstić information content (AvgIpc) is 3.46. The Morgan fingerprint density at radius 2 is 0.528 bits per heavy atom. The Bertz CT molecular complexity index is 4160. The summed E-state index contributed by atoms with van der Waals surface area (Å²) in [6.07, 6.45) is 0. The third kappa shape index (κ3) is 7.16. The van der Waals surface area contributed by atoms with Gasteiger partial charge in [-0.1, -0.05) is 218 Å². The van der Waals surface area contributed by atoms with E-state index < -0.39 is 0 Å². The van der Waals surface area contributed by atoms with Crippen molar-refractivity contribution < 1.29 is 0 Å². The monoisotopic (exact) mass is 914 g/mol. The quantitative estimate of drug-likeness (QED) is 0.150. The van der Waals surface area contributed by atoms with Crippen molar-refractivity contribution in [3.63, 3.8) is 0 Å². The summed E-state index contributed by atoms with van der Waals surface area (Å²) in [5.41, 5.74) is 14.4. The van der Waals surface area contributed by atoms with Crippen molar-refractivity contribution in [2.75, 3.05) is 0 Å². The zero-order chi connectivity index (χ0) is 47.5. The molecule has 0 bridgehead atoms. The third-order valence-corrected chi connectivity index (χ3v) is 14.3. The fraction of sp³-hybridized carbons (Fsp3) is 0. The van der Waals surface area contributed by atoms with E-state index in [9.17, 15) is 0 Å². The van der Waals surface area contributed by atoms with Crippen molar-refractivity contribution >= 4 is 64.9 Å². The number of aromatic nitrogens is 4. The van der Waals surface area contributed by atoms with Crippen molar-refractivity contribution in [2.45, 2.75) is 0 Å². The van der Waals surface area contributed by atoms with E-state index in [0.717, 1.165) is 66.6 Å². The second-order valence-corrected chi connectivity index (χ2v) is 18.5. The first-order valence-electron chi connectivity index (χ1n) is 24.4. The summed E-state index contributed by atoms with van der Waals surface area (Å²) >= 11 is 0. The Hall–Kier alpha value is -9.64. The molecule has 2 aromatic heterocycles. The van der Waals surface area contributed by atoms with Crippen LogP contribution in [0.2, 0.25) is 0 Å². The average molecular weight is 915 g/mol. The fourth-order valence-corrected chi connectivity index (χ4v) is 10.7. The second-order valence-electron chi connectivity index (χ2n) is 18.5. The summed E-state index contributed by atoms with van der Waals surface area (Å²) < 4.78 is 0. The van der Waals surface area contributed by atoms with Gasteiger partial charge < -0.3 is 0 Å². The van der Waals surface area contributed by atoms with Gasteiger partial charge in [-0.3, -0.25) is 0 Å². The number of hydrogen-bond donors (Lipinski definition) is 0. The predicted octanol–water partition coefficient (Wildman–Crippen LogP) is 17.9. The Morgan fingerprint density at radius 1 is 0.194 bits per heavy atom. The Morgan fingerprint density at radius 3 is 0.958 bits per heavy atom. The largest absolute Gasteiger partial charge is 0.228 e. The molecule has 12 aromatic carbocycles. The highest BCUT2D eigenvalue weighted by molar-refractivity contribution is 6.15. The highest BCUT2D eigenvalue weighted by Crippen LogP contribution is 2.40. The topological polar surface area (TPSA) is 51.6 Å². The summed E-state index contributed by atoms with van der Waals surface area (Å²) in [5.74, 6) is 1.35. The van der Waals surface area contributed by atoms with Crippen LogP contribution in [-0.4, -0.2) is 19.9 Å². The number of nitrogens with zero attached hydrogens (tertiary/aromatic N) is 4. The van der Waals surface area contributed by atoms with E-state index in [0.29, 0.717) is 11.6 Å². The molecule has 0 aliphatic heterocycles. The second kappa shape index (κ2) is 17.1. The highest BCUT2D eigenvalue weighted by Gasteiger charge is 2.17. The van der Waals surface area contributed by atoms with Crippen LogP contribution in [0.15, 0.2) is 255 Å². The molecule has 4 heteroatoms. The van der Waals surface area contributed by atoms with E-state index in [1.165, 1.54) is 65.3 Å². The minimum atomic E-state index is 0.675. The number of rotatable bonds is 7. The Kier molecular flexibility index (Phi) is 9.82. The molecule has 0 amide bonds. The molecule has 0 fully saturated rings. The molecule has 0 spiro atoms. The van der Waals surface area contributed by atoms with Gasteiger partial charge in [-0.2, -0.15) is 0 Å². The van der Waals surface area contributed by atoms with Crippen LogP contribution in [-0.2, 0) is 0 Å². The predicted molar refractivity (Wildman–Crippen MR) is 301 cm³/mol. The molecule has 0 unspecified atom stereocenters. The van der Waals surface area contributed by atoms with Crippen LogP contribution >= 0.6 is 0 Å². The van der Waals surface area contributed by atoms with Crippen LogP contribution in [0.25, 0.3) is 144 Å². The van der Waals surface area contributed by atoms with E-state index >= 15 is 0 Å². The van der Waals surface area contributed by atoms with Gasteiger partial charge in [0.2, 0.25) is 0 Å². The Balaban J connectivity index is 0.803. The smallest absolute Gasteiger partial charge is 0.160 e. The number of fused-ring (bicyclic) bond motifs is 8. The molecule has 0 saturated heterocycles. The van der Waals surface area contributed by atoms with Crippen molar-refractivity contribution in [1.29, 1.82) is 0 Å². The summed E-state index contributed by atoms with van der Waals surface area (Å²) in [6, 6.07) is 90.6. The van der Waals surface area contributed by atoms with E-state index in [-0.39, 0.29) is 0 Å². The maximum Gasteiger partial charge on any atom is 0.160 e. The summed E-state index contributed by atoms with van der Waals surface area (Å²) in [4.78, 5) is 20.9. The van der Waals surface area contributed by atoms with Crippen molar-refractivity contribution in [3.8, 4) is 78.7 Å². The van der Waals surface area contributed by atoms with Crippen molar-refractivity contribution in [3.05, 3.63) is 255 Å². The van der Waals surface area contributed by atoms with E-state index in [4.69, 9.17) is 19.9 Å². The van der Waals surface area contributed by atoms with Crippen LogP contribution in [0.5, 0.6) is 0 Å². The molecule has 14 aromatic rings. The van der Waals surface area contributed by atoms with Gasteiger partial charge in [0.15, 0.2) is 11.6 Å². The number of para-hydroxylation sites is 2. The minimum Gasteiger partial charge on any atom is -0.228 e. The standard InChI is InChI=1S/C68H42N4/c1-3-21-53-49(15-1)41-61(57-25-7-5-23-55(53)57)43-31-35-45(36-32-43)65-59-27-9-11-29-63(59)69-67(71-65)51-19-13-17-47(39-51)48-18-14-20-52(40-48)68-70-64-30-12-10-28-60(64)66(72-68)46-37-33-44(34-38-46)62-42-50-16-2-4-22-54(50)56-24-6-8-26-58(56)62/h1-42H. The Labute approximate surface area is 416 Å². The van der Waals surface area contributed by atoms with Gasteiger partial charge in [0.1, 0.15) is 0 Å². The zero-order valence-corrected chi connectivity index (χ0v) is 39.0. The van der Waals surface area contributed by atoms with E-state index in [1.54, 1.807) is 0 Å². The van der Waals surface area contributed by atoms with Gasteiger partial charge in [0.05, 0.1) is 22.4 Å². The van der Waals surface area contributed by atoms with Crippen LogP contribution in [0.3, 0.4) is 0 Å². The van der Waals surface area contributed by atoms with E-state index in [2.05, 4.69) is 243 Å². The van der Waals surface area contributed by atoms with Crippen LogP contribution in [0, 0.1) is 0 Å². The lowest BCUT2D eigenvalue weighted by Crippen LogP contribution is -1.96. The van der Waals surface area contributed by atoms with Gasteiger partial charge >= 0.3 is 0 Å². The fourth-order valence-electron chi connectivity index (χ4n) is 10.7. The van der Waals surface area contributed by atoms with Crippen molar-refractivity contribution in [1.82, 2.24) is 19.9 Å². The summed E-state index contributed by atoms with van der Waals surface area (Å²) in [5, 5.41) is 12.0. The molecular formula is C68H42N4. The van der Waals surface area contributed by atoms with Gasteiger partial charge in [0, 0.05) is 33.0 Å². The normalized spacial score (nSPS) is 11.6. The lowest BCUT2D eigenvalue weighted by molar-refractivity contribution is 1.23. The molecule has 4 nitrogen and oxygen atoms in total. The maximum absolute atomic E-state index is 5.32. The lowest BCUT2D eigenvalue weighted by atomic mass is 9.92. The van der Waals surface area contributed by atoms with Gasteiger partial charge in [-0.15, -0.1) is 0 Å².